The van der Waals surface area contributed by atoms with E-state index in [1.165, 1.54) is 24.3 Å². The van der Waals surface area contributed by atoms with Crippen molar-refractivity contribution in [2.45, 2.75) is 12.5 Å². The summed E-state index contributed by atoms with van der Waals surface area (Å²) in [4.78, 5) is 33.5. The first-order chi connectivity index (χ1) is 15.0. The average Bonchev–Trinajstić information content (AvgIpc) is 2.80. The van der Waals surface area contributed by atoms with Crippen molar-refractivity contribution in [3.8, 4) is 5.75 Å². The topological polar surface area (TPSA) is 86.3 Å². The Labute approximate surface area is 179 Å². The van der Waals surface area contributed by atoms with Gasteiger partial charge in [-0.25, -0.2) is 9.38 Å². The Morgan fingerprint density at radius 2 is 1.71 bits per heavy atom. The van der Waals surface area contributed by atoms with E-state index in [1.807, 2.05) is 29.2 Å². The molecule has 0 spiro atoms. The summed E-state index contributed by atoms with van der Waals surface area (Å²) in [5.41, 5.74) is 1.56. The fourth-order valence-corrected chi connectivity index (χ4v) is 3.62. The monoisotopic (exact) mass is 425 g/mol. The van der Waals surface area contributed by atoms with Crippen LogP contribution >= 0.6 is 0 Å². The number of carbonyl (C=O) groups is 2. The van der Waals surface area contributed by atoms with Gasteiger partial charge in [-0.05, 0) is 48.5 Å². The lowest BCUT2D eigenvalue weighted by Crippen LogP contribution is -2.56. The van der Waals surface area contributed by atoms with Crippen LogP contribution in [-0.2, 0) is 9.59 Å². The molecule has 0 radical (unpaired) electrons. The van der Waals surface area contributed by atoms with E-state index in [4.69, 9.17) is 4.74 Å². The van der Waals surface area contributed by atoms with E-state index in [0.717, 1.165) is 24.5 Å². The number of amides is 2. The smallest absolute Gasteiger partial charge is 0.249 e. The van der Waals surface area contributed by atoms with E-state index < -0.39 is 11.9 Å². The predicted octanol–water partition coefficient (Wildman–Crippen LogP) is 1.84. The number of piperazine rings is 1. The molecule has 2 heterocycles. The Morgan fingerprint density at radius 1 is 1.06 bits per heavy atom. The van der Waals surface area contributed by atoms with Crippen molar-refractivity contribution >= 4 is 29.1 Å². The van der Waals surface area contributed by atoms with Crippen LogP contribution in [0.3, 0.4) is 0 Å². The number of anilines is 2. The quantitative estimate of drug-likeness (QED) is 0.781. The van der Waals surface area contributed by atoms with Crippen molar-refractivity contribution in [3.05, 3.63) is 54.3 Å². The van der Waals surface area contributed by atoms with Gasteiger partial charge in [-0.1, -0.05) is 0 Å². The van der Waals surface area contributed by atoms with E-state index in [-0.39, 0.29) is 18.1 Å². The molecule has 31 heavy (non-hydrogen) atoms. The third-order valence-electron chi connectivity index (χ3n) is 5.34. The van der Waals surface area contributed by atoms with Crippen molar-refractivity contribution < 1.29 is 18.7 Å². The lowest BCUT2D eigenvalue weighted by Gasteiger charge is -2.38. The van der Waals surface area contributed by atoms with Crippen molar-refractivity contribution in [2.24, 2.45) is 4.99 Å². The van der Waals surface area contributed by atoms with E-state index in [2.05, 4.69) is 20.5 Å². The number of methoxy groups -OCH3 is 1. The molecule has 1 fully saturated rings. The highest BCUT2D eigenvalue weighted by molar-refractivity contribution is 6.06. The van der Waals surface area contributed by atoms with Gasteiger partial charge in [-0.2, -0.15) is 0 Å². The van der Waals surface area contributed by atoms with Gasteiger partial charge in [0, 0.05) is 37.6 Å². The summed E-state index contributed by atoms with van der Waals surface area (Å²) in [6, 6.07) is 12.5. The lowest BCUT2D eigenvalue weighted by atomic mass is 10.1. The Kier molecular flexibility index (Phi) is 6.01. The first kappa shape index (κ1) is 20.6. The molecule has 4 rings (SSSR count). The second-order valence-corrected chi connectivity index (χ2v) is 7.39. The maximum absolute atomic E-state index is 13.1. The Bertz CT molecular complexity index is 970. The molecule has 0 bridgehead atoms. The third-order valence-corrected chi connectivity index (χ3v) is 5.34. The molecule has 2 aliphatic heterocycles. The normalized spacial score (nSPS) is 18.8. The number of guanidine groups is 1. The lowest BCUT2D eigenvalue weighted by molar-refractivity contribution is -0.125. The maximum atomic E-state index is 13.1. The zero-order valence-corrected chi connectivity index (χ0v) is 17.2. The first-order valence-corrected chi connectivity index (χ1v) is 10.1. The Balaban J connectivity index is 1.39. The number of hydrogen-bond donors (Lipinski definition) is 2. The van der Waals surface area contributed by atoms with Crippen LogP contribution in [0, 0.1) is 5.82 Å². The zero-order valence-electron chi connectivity index (χ0n) is 17.2. The number of nitrogens with one attached hydrogen (secondary N) is 2. The number of rotatable bonds is 4. The average molecular weight is 425 g/mol. The molecule has 8 nitrogen and oxygen atoms in total. The van der Waals surface area contributed by atoms with Crippen LogP contribution in [0.4, 0.5) is 15.8 Å². The van der Waals surface area contributed by atoms with Gasteiger partial charge in [0.1, 0.15) is 17.6 Å². The Hall–Kier alpha value is -3.62. The highest BCUT2D eigenvalue weighted by Crippen LogP contribution is 2.21. The van der Waals surface area contributed by atoms with Crippen LogP contribution < -0.4 is 20.3 Å². The van der Waals surface area contributed by atoms with Gasteiger partial charge in [0.05, 0.1) is 13.5 Å². The minimum absolute atomic E-state index is 0.0255. The van der Waals surface area contributed by atoms with Crippen LogP contribution in [0.1, 0.15) is 6.42 Å². The second-order valence-electron chi connectivity index (χ2n) is 7.39. The number of halogens is 1. The molecular weight excluding hydrogens is 401 g/mol. The molecule has 0 aliphatic carbocycles. The van der Waals surface area contributed by atoms with Gasteiger partial charge in [0.2, 0.25) is 17.8 Å². The summed E-state index contributed by atoms with van der Waals surface area (Å²) >= 11 is 0. The minimum atomic E-state index is -0.826. The molecule has 2 aromatic rings. The van der Waals surface area contributed by atoms with E-state index >= 15 is 0 Å². The summed E-state index contributed by atoms with van der Waals surface area (Å²) in [7, 11) is 1.64. The number of aliphatic imine (C=N–C) groups is 1. The summed E-state index contributed by atoms with van der Waals surface area (Å²) in [6.45, 7) is 2.84. The van der Waals surface area contributed by atoms with Gasteiger partial charge < -0.3 is 19.9 Å². The summed E-state index contributed by atoms with van der Waals surface area (Å²) in [6.07, 6.45) is -0.0255. The molecule has 2 aromatic carbocycles. The molecule has 1 saturated heterocycles. The fourth-order valence-electron chi connectivity index (χ4n) is 3.62. The van der Waals surface area contributed by atoms with Gasteiger partial charge in [-0.15, -0.1) is 0 Å². The van der Waals surface area contributed by atoms with Crippen molar-refractivity contribution in [3.63, 3.8) is 0 Å². The van der Waals surface area contributed by atoms with Crippen molar-refractivity contribution in [1.82, 2.24) is 10.2 Å². The number of ether oxygens (including phenoxy) is 1. The van der Waals surface area contributed by atoms with E-state index in [0.29, 0.717) is 24.7 Å². The van der Waals surface area contributed by atoms with Crippen LogP contribution in [0.5, 0.6) is 5.75 Å². The molecule has 2 N–H and O–H groups in total. The van der Waals surface area contributed by atoms with Crippen molar-refractivity contribution in [1.29, 1.82) is 0 Å². The first-order valence-electron chi connectivity index (χ1n) is 10.1. The highest BCUT2D eigenvalue weighted by Gasteiger charge is 2.30. The summed E-state index contributed by atoms with van der Waals surface area (Å²) in [5.74, 6) is 0.207. The number of carbonyl (C=O) groups excluding carboxylic acids is 2. The standard InChI is InChI=1S/C22H24FN5O3/c1-31-18-8-6-17(7-9-18)27-10-12-28(13-11-27)22-25-19(14-20(29)26-22)21(30)24-16-4-2-15(23)3-5-16/h2-9,19H,10-14H2,1H3,(H,24,30)(H,25,26,29). The molecule has 9 heteroatoms. The second kappa shape index (κ2) is 9.03. The molecule has 162 valence electrons. The molecule has 0 aromatic heterocycles. The fraction of sp³-hybridized carbons (Fsp3) is 0.318. The van der Waals surface area contributed by atoms with E-state index in [9.17, 15) is 14.0 Å². The SMILES string of the molecule is COc1ccc(N2CCN(C3=NC(C(=O)Nc4ccc(F)cc4)CC(=O)N3)CC2)cc1. The van der Waals surface area contributed by atoms with Gasteiger partial charge >= 0.3 is 0 Å². The largest absolute Gasteiger partial charge is 0.497 e. The highest BCUT2D eigenvalue weighted by atomic mass is 19.1. The third kappa shape index (κ3) is 4.93. The molecular formula is C22H24FN5O3. The zero-order chi connectivity index (χ0) is 21.8. The number of nitrogens with zero attached hydrogens (tertiary/aromatic N) is 3. The van der Waals surface area contributed by atoms with Crippen LogP contribution in [0.25, 0.3) is 0 Å². The van der Waals surface area contributed by atoms with Crippen LogP contribution in [0.15, 0.2) is 53.5 Å². The molecule has 1 atom stereocenters. The molecule has 1 unspecified atom stereocenters. The van der Waals surface area contributed by atoms with Crippen LogP contribution in [-0.4, -0.2) is 62.0 Å². The van der Waals surface area contributed by atoms with Gasteiger partial charge in [0.15, 0.2) is 0 Å². The molecule has 0 saturated carbocycles. The maximum Gasteiger partial charge on any atom is 0.249 e. The van der Waals surface area contributed by atoms with Crippen LogP contribution in [0.2, 0.25) is 0 Å². The van der Waals surface area contributed by atoms with E-state index in [1.54, 1.807) is 7.11 Å². The minimum Gasteiger partial charge on any atom is -0.497 e. The Morgan fingerprint density at radius 3 is 2.35 bits per heavy atom. The summed E-state index contributed by atoms with van der Waals surface area (Å²) in [5, 5.41) is 5.48. The molecule has 2 amide bonds. The predicted molar refractivity (Wildman–Crippen MR) is 116 cm³/mol. The number of hydrogen-bond acceptors (Lipinski definition) is 6. The van der Waals surface area contributed by atoms with Gasteiger partial charge in [-0.3, -0.25) is 14.9 Å². The van der Waals surface area contributed by atoms with Crippen molar-refractivity contribution in [2.75, 3.05) is 43.5 Å². The summed E-state index contributed by atoms with van der Waals surface area (Å²) < 4.78 is 18.3. The molecule has 2 aliphatic rings. The van der Waals surface area contributed by atoms with Gasteiger partial charge in [0.25, 0.3) is 0 Å². The number of benzene rings is 2.